The molecule has 2 aromatic rings. The zero-order valence-electron chi connectivity index (χ0n) is 14.0. The summed E-state index contributed by atoms with van der Waals surface area (Å²) in [5.74, 6) is 1.96. The van der Waals surface area contributed by atoms with E-state index in [9.17, 15) is 4.79 Å². The molecule has 1 amide bonds. The van der Waals surface area contributed by atoms with Gasteiger partial charge in [-0.2, -0.15) is 0 Å². The van der Waals surface area contributed by atoms with E-state index in [-0.39, 0.29) is 5.91 Å². The summed E-state index contributed by atoms with van der Waals surface area (Å²) in [6, 6.07) is 13.0. The van der Waals surface area contributed by atoms with E-state index in [0.717, 1.165) is 16.9 Å². The second kappa shape index (κ2) is 8.62. The van der Waals surface area contributed by atoms with Crippen LogP contribution in [0, 0.1) is 0 Å². The Labute approximate surface area is 141 Å². The molecule has 2 rings (SSSR count). The minimum atomic E-state index is -0.177. The first kappa shape index (κ1) is 17.4. The van der Waals surface area contributed by atoms with Gasteiger partial charge in [0.1, 0.15) is 17.2 Å². The van der Waals surface area contributed by atoms with Crippen LogP contribution in [-0.4, -0.2) is 27.2 Å². The largest absolute Gasteiger partial charge is 0.497 e. The number of carbonyl (C=O) groups excluding carboxylic acids is 1. The van der Waals surface area contributed by atoms with Crippen LogP contribution in [0.15, 0.2) is 48.5 Å². The van der Waals surface area contributed by atoms with Crippen LogP contribution in [0.2, 0.25) is 0 Å². The van der Waals surface area contributed by atoms with Crippen LogP contribution in [0.3, 0.4) is 0 Å². The van der Waals surface area contributed by atoms with Gasteiger partial charge < -0.3 is 19.5 Å². The topological polar surface area (TPSA) is 56.8 Å². The van der Waals surface area contributed by atoms with Gasteiger partial charge in [0.25, 0.3) is 0 Å². The van der Waals surface area contributed by atoms with Crippen molar-refractivity contribution in [1.29, 1.82) is 0 Å². The Morgan fingerprint density at radius 3 is 2.25 bits per heavy atom. The number of benzene rings is 2. The average Bonchev–Trinajstić information content (AvgIpc) is 2.64. The first-order valence-electron chi connectivity index (χ1n) is 7.47. The van der Waals surface area contributed by atoms with Gasteiger partial charge in [-0.1, -0.05) is 12.1 Å². The van der Waals surface area contributed by atoms with Gasteiger partial charge in [0.05, 0.1) is 21.3 Å². The highest BCUT2D eigenvalue weighted by molar-refractivity contribution is 5.92. The molecule has 0 aromatic heterocycles. The van der Waals surface area contributed by atoms with Crippen molar-refractivity contribution in [2.24, 2.45) is 0 Å². The van der Waals surface area contributed by atoms with Crippen molar-refractivity contribution in [2.75, 3.05) is 21.3 Å². The highest BCUT2D eigenvalue weighted by Crippen LogP contribution is 2.25. The van der Waals surface area contributed by atoms with Crippen molar-refractivity contribution in [3.05, 3.63) is 59.7 Å². The smallest absolute Gasteiger partial charge is 0.244 e. The molecule has 5 heteroatoms. The minimum Gasteiger partial charge on any atom is -0.497 e. The minimum absolute atomic E-state index is 0.177. The number of hydrogen-bond acceptors (Lipinski definition) is 4. The summed E-state index contributed by atoms with van der Waals surface area (Å²) in [7, 11) is 4.79. The quantitative estimate of drug-likeness (QED) is 0.794. The molecule has 24 heavy (non-hydrogen) atoms. The van der Waals surface area contributed by atoms with E-state index >= 15 is 0 Å². The zero-order valence-corrected chi connectivity index (χ0v) is 14.0. The summed E-state index contributed by atoms with van der Waals surface area (Å²) in [5.41, 5.74) is 1.80. The summed E-state index contributed by atoms with van der Waals surface area (Å²) in [6.07, 6.45) is 3.19. The monoisotopic (exact) mass is 327 g/mol. The number of rotatable bonds is 7. The highest BCUT2D eigenvalue weighted by Gasteiger charge is 2.03. The van der Waals surface area contributed by atoms with Gasteiger partial charge in [0, 0.05) is 24.3 Å². The highest BCUT2D eigenvalue weighted by atomic mass is 16.5. The van der Waals surface area contributed by atoms with Crippen molar-refractivity contribution >= 4 is 12.0 Å². The van der Waals surface area contributed by atoms with E-state index in [1.54, 1.807) is 33.5 Å². The van der Waals surface area contributed by atoms with Crippen molar-refractivity contribution in [2.45, 2.75) is 6.54 Å². The van der Waals surface area contributed by atoms with Gasteiger partial charge in [-0.25, -0.2) is 0 Å². The SMILES string of the molecule is COc1ccc(CNC(=O)/C=C/c2ccc(OC)cc2OC)cc1. The third kappa shape index (κ3) is 4.78. The molecule has 0 bridgehead atoms. The Bertz CT molecular complexity index is 708. The normalized spacial score (nSPS) is 10.5. The molecule has 0 aliphatic carbocycles. The maximum atomic E-state index is 11.9. The molecule has 0 fully saturated rings. The fourth-order valence-electron chi connectivity index (χ4n) is 2.11. The average molecular weight is 327 g/mol. The number of methoxy groups -OCH3 is 3. The fraction of sp³-hybridized carbons (Fsp3) is 0.211. The Morgan fingerprint density at radius 2 is 1.62 bits per heavy atom. The second-order valence-electron chi connectivity index (χ2n) is 5.01. The maximum Gasteiger partial charge on any atom is 0.244 e. The summed E-state index contributed by atoms with van der Waals surface area (Å²) in [6.45, 7) is 0.451. The van der Waals surface area contributed by atoms with Gasteiger partial charge in [-0.3, -0.25) is 4.79 Å². The lowest BCUT2D eigenvalue weighted by Crippen LogP contribution is -2.20. The number of carbonyl (C=O) groups is 1. The van der Waals surface area contributed by atoms with Crippen LogP contribution in [0.4, 0.5) is 0 Å². The van der Waals surface area contributed by atoms with E-state index in [1.165, 1.54) is 6.08 Å². The Hall–Kier alpha value is -2.95. The first-order valence-corrected chi connectivity index (χ1v) is 7.47. The molecule has 0 unspecified atom stereocenters. The zero-order chi connectivity index (χ0) is 17.4. The Kier molecular flexibility index (Phi) is 6.25. The van der Waals surface area contributed by atoms with E-state index in [4.69, 9.17) is 14.2 Å². The molecule has 5 nitrogen and oxygen atoms in total. The van der Waals surface area contributed by atoms with Crippen molar-refractivity contribution < 1.29 is 19.0 Å². The third-order valence-corrected chi connectivity index (χ3v) is 3.48. The molecule has 0 spiro atoms. The van der Waals surface area contributed by atoms with Crippen molar-refractivity contribution in [3.8, 4) is 17.2 Å². The van der Waals surface area contributed by atoms with Crippen LogP contribution in [0.5, 0.6) is 17.2 Å². The Morgan fingerprint density at radius 1 is 0.958 bits per heavy atom. The van der Waals surface area contributed by atoms with Crippen molar-refractivity contribution in [1.82, 2.24) is 5.32 Å². The van der Waals surface area contributed by atoms with Crippen molar-refractivity contribution in [3.63, 3.8) is 0 Å². The van der Waals surface area contributed by atoms with Gasteiger partial charge in [-0.15, -0.1) is 0 Å². The number of hydrogen-bond donors (Lipinski definition) is 1. The fourth-order valence-corrected chi connectivity index (χ4v) is 2.11. The van der Waals surface area contributed by atoms with Gasteiger partial charge in [0.15, 0.2) is 0 Å². The van der Waals surface area contributed by atoms with Crippen LogP contribution in [0.1, 0.15) is 11.1 Å². The molecule has 0 radical (unpaired) electrons. The molecule has 1 N–H and O–H groups in total. The van der Waals surface area contributed by atoms with Gasteiger partial charge >= 0.3 is 0 Å². The molecule has 0 saturated heterocycles. The Balaban J connectivity index is 1.94. The van der Waals surface area contributed by atoms with Crippen LogP contribution < -0.4 is 19.5 Å². The predicted molar refractivity (Wildman–Crippen MR) is 93.4 cm³/mol. The molecule has 0 atom stereocenters. The summed E-state index contributed by atoms with van der Waals surface area (Å²) >= 11 is 0. The first-order chi connectivity index (χ1) is 11.7. The molecular formula is C19H21NO4. The lowest BCUT2D eigenvalue weighted by molar-refractivity contribution is -0.116. The molecule has 0 saturated carbocycles. The van der Waals surface area contributed by atoms with E-state index in [1.807, 2.05) is 36.4 Å². The van der Waals surface area contributed by atoms with E-state index < -0.39 is 0 Å². The predicted octanol–water partition coefficient (Wildman–Crippen LogP) is 3.04. The van der Waals surface area contributed by atoms with Crippen LogP contribution >= 0.6 is 0 Å². The molecule has 126 valence electrons. The van der Waals surface area contributed by atoms with Gasteiger partial charge in [-0.05, 0) is 35.9 Å². The standard InChI is InChI=1S/C19H21NO4/c1-22-16-8-4-14(5-9-16)13-20-19(21)11-7-15-6-10-17(23-2)12-18(15)24-3/h4-12H,13H2,1-3H3,(H,20,21)/b11-7+. The molecule has 2 aromatic carbocycles. The molecular weight excluding hydrogens is 306 g/mol. The molecule has 0 heterocycles. The number of ether oxygens (including phenoxy) is 3. The van der Waals surface area contributed by atoms with Gasteiger partial charge in [0.2, 0.25) is 5.91 Å². The van der Waals surface area contributed by atoms with Crippen LogP contribution in [0.25, 0.3) is 6.08 Å². The summed E-state index contributed by atoms with van der Waals surface area (Å²) in [4.78, 5) is 11.9. The van der Waals surface area contributed by atoms with Crippen LogP contribution in [-0.2, 0) is 11.3 Å². The lowest BCUT2D eigenvalue weighted by Gasteiger charge is -2.07. The van der Waals surface area contributed by atoms with E-state index in [0.29, 0.717) is 18.0 Å². The summed E-state index contributed by atoms with van der Waals surface area (Å²) < 4.78 is 15.5. The van der Waals surface area contributed by atoms with E-state index in [2.05, 4.69) is 5.32 Å². The summed E-state index contributed by atoms with van der Waals surface area (Å²) in [5, 5.41) is 2.83. The number of nitrogens with one attached hydrogen (secondary N) is 1. The second-order valence-corrected chi connectivity index (χ2v) is 5.01. The third-order valence-electron chi connectivity index (χ3n) is 3.48. The molecule has 0 aliphatic heterocycles. The molecule has 0 aliphatic rings. The lowest BCUT2D eigenvalue weighted by atomic mass is 10.1. The number of amides is 1. The maximum absolute atomic E-state index is 11.9.